The maximum Gasteiger partial charge on any atom is 0.264 e. The van der Waals surface area contributed by atoms with Gasteiger partial charge in [-0.25, -0.2) is 5.10 Å². The SMILES string of the molecule is Cc1nn(-c2ccc(=O)[nH]n2)c2c1[C@H](c1ccccc1)CC(=O)N2. The summed E-state index contributed by atoms with van der Waals surface area (Å²) < 4.78 is 1.56. The summed E-state index contributed by atoms with van der Waals surface area (Å²) in [4.78, 5) is 23.4. The molecular weight excluding hydrogens is 306 g/mol. The van der Waals surface area contributed by atoms with E-state index in [2.05, 4.69) is 20.6 Å². The molecule has 4 rings (SSSR count). The average molecular weight is 321 g/mol. The van der Waals surface area contributed by atoms with Crippen molar-refractivity contribution in [3.63, 3.8) is 0 Å². The van der Waals surface area contributed by atoms with Crippen LogP contribution in [-0.2, 0) is 4.79 Å². The van der Waals surface area contributed by atoms with Crippen LogP contribution in [0.4, 0.5) is 5.82 Å². The Labute approximate surface area is 137 Å². The summed E-state index contributed by atoms with van der Waals surface area (Å²) >= 11 is 0. The zero-order valence-corrected chi connectivity index (χ0v) is 13.0. The molecule has 0 saturated carbocycles. The smallest absolute Gasteiger partial charge is 0.264 e. The Kier molecular flexibility index (Phi) is 3.26. The summed E-state index contributed by atoms with van der Waals surface area (Å²) in [5.41, 5.74) is 2.59. The van der Waals surface area contributed by atoms with Crippen LogP contribution in [0.25, 0.3) is 5.82 Å². The number of carbonyl (C=O) groups is 1. The lowest BCUT2D eigenvalue weighted by molar-refractivity contribution is -0.116. The monoisotopic (exact) mass is 321 g/mol. The molecule has 7 nitrogen and oxygen atoms in total. The van der Waals surface area contributed by atoms with Crippen LogP contribution in [0.15, 0.2) is 47.3 Å². The largest absolute Gasteiger partial charge is 0.310 e. The molecule has 0 fully saturated rings. The highest BCUT2D eigenvalue weighted by molar-refractivity contribution is 5.95. The molecule has 0 spiro atoms. The van der Waals surface area contributed by atoms with Crippen LogP contribution >= 0.6 is 0 Å². The van der Waals surface area contributed by atoms with Gasteiger partial charge in [0.2, 0.25) is 5.91 Å². The molecule has 2 aromatic heterocycles. The van der Waals surface area contributed by atoms with Crippen molar-refractivity contribution < 1.29 is 4.79 Å². The second-order valence-corrected chi connectivity index (χ2v) is 5.75. The van der Waals surface area contributed by atoms with Crippen molar-refractivity contribution in [3.05, 3.63) is 69.6 Å². The predicted octanol–water partition coefficient (Wildman–Crippen LogP) is 1.74. The highest BCUT2D eigenvalue weighted by atomic mass is 16.1. The Morgan fingerprint density at radius 3 is 2.62 bits per heavy atom. The number of aromatic amines is 1. The first kappa shape index (κ1) is 14.4. The molecule has 3 heterocycles. The Morgan fingerprint density at radius 2 is 1.92 bits per heavy atom. The van der Waals surface area contributed by atoms with Gasteiger partial charge in [-0.15, -0.1) is 0 Å². The van der Waals surface area contributed by atoms with Crippen LogP contribution in [0, 0.1) is 6.92 Å². The molecular formula is C17H15N5O2. The van der Waals surface area contributed by atoms with E-state index < -0.39 is 0 Å². The minimum absolute atomic E-state index is 0.0496. The van der Waals surface area contributed by atoms with Gasteiger partial charge < -0.3 is 5.32 Å². The quantitative estimate of drug-likeness (QED) is 0.752. The first-order chi connectivity index (χ1) is 11.6. The van der Waals surface area contributed by atoms with Crippen LogP contribution in [0.3, 0.4) is 0 Å². The molecule has 1 amide bonds. The Morgan fingerprint density at radius 1 is 1.12 bits per heavy atom. The molecule has 0 radical (unpaired) electrons. The third kappa shape index (κ3) is 2.30. The zero-order chi connectivity index (χ0) is 16.7. The van der Waals surface area contributed by atoms with Gasteiger partial charge in [-0.3, -0.25) is 9.59 Å². The highest BCUT2D eigenvalue weighted by Gasteiger charge is 2.32. The van der Waals surface area contributed by atoms with E-state index in [1.807, 2.05) is 37.3 Å². The van der Waals surface area contributed by atoms with Gasteiger partial charge in [0.15, 0.2) is 5.82 Å². The molecule has 1 aliphatic heterocycles. The lowest BCUT2D eigenvalue weighted by Gasteiger charge is -2.24. The number of rotatable bonds is 2. The van der Waals surface area contributed by atoms with Crippen molar-refractivity contribution >= 4 is 11.7 Å². The molecule has 0 unspecified atom stereocenters. The highest BCUT2D eigenvalue weighted by Crippen LogP contribution is 2.39. The molecule has 0 aliphatic carbocycles. The van der Waals surface area contributed by atoms with Gasteiger partial charge in [0.05, 0.1) is 5.69 Å². The molecule has 2 N–H and O–H groups in total. The number of nitrogens with one attached hydrogen (secondary N) is 2. The molecule has 0 bridgehead atoms. The maximum atomic E-state index is 12.2. The second kappa shape index (κ2) is 5.45. The Bertz CT molecular complexity index is 954. The standard InChI is InChI=1S/C17H15N5O2/c1-10-16-12(11-5-3-2-4-6-11)9-15(24)18-17(16)22(21-10)13-7-8-14(23)20-19-13/h2-8,12H,9H2,1H3,(H,18,24)(H,20,23)/t12-/m0/s1. The van der Waals surface area contributed by atoms with Crippen molar-refractivity contribution in [1.29, 1.82) is 0 Å². The van der Waals surface area contributed by atoms with Gasteiger partial charge in [0.1, 0.15) is 5.82 Å². The van der Waals surface area contributed by atoms with E-state index in [1.165, 1.54) is 6.07 Å². The van der Waals surface area contributed by atoms with Gasteiger partial charge in [-0.1, -0.05) is 30.3 Å². The normalized spacial score (nSPS) is 16.5. The number of anilines is 1. The molecule has 1 atom stereocenters. The van der Waals surface area contributed by atoms with Gasteiger partial charge in [0, 0.05) is 24.0 Å². The molecule has 3 aromatic rings. The van der Waals surface area contributed by atoms with Gasteiger partial charge in [0.25, 0.3) is 5.56 Å². The number of benzene rings is 1. The van der Waals surface area contributed by atoms with E-state index in [0.717, 1.165) is 16.8 Å². The first-order valence-electron chi connectivity index (χ1n) is 7.64. The number of amides is 1. The summed E-state index contributed by atoms with van der Waals surface area (Å²) in [6.45, 7) is 1.91. The lowest BCUT2D eigenvalue weighted by atomic mass is 9.86. The van der Waals surface area contributed by atoms with E-state index in [4.69, 9.17) is 0 Å². The van der Waals surface area contributed by atoms with Crippen LogP contribution in [0.5, 0.6) is 0 Å². The summed E-state index contributed by atoms with van der Waals surface area (Å²) in [5, 5.41) is 13.8. The van der Waals surface area contributed by atoms with Crippen molar-refractivity contribution in [2.24, 2.45) is 0 Å². The van der Waals surface area contributed by atoms with Crippen LogP contribution in [0.1, 0.15) is 29.2 Å². The number of nitrogens with zero attached hydrogens (tertiary/aromatic N) is 3. The number of hydrogen-bond acceptors (Lipinski definition) is 4. The minimum atomic E-state index is -0.289. The third-order valence-corrected chi connectivity index (χ3v) is 4.19. The minimum Gasteiger partial charge on any atom is -0.310 e. The number of carbonyl (C=O) groups excluding carboxylic acids is 1. The van der Waals surface area contributed by atoms with Crippen molar-refractivity contribution in [1.82, 2.24) is 20.0 Å². The number of aryl methyl sites for hydroxylation is 1. The van der Waals surface area contributed by atoms with Crippen LogP contribution in [0.2, 0.25) is 0 Å². The molecule has 0 saturated heterocycles. The van der Waals surface area contributed by atoms with E-state index in [9.17, 15) is 9.59 Å². The van der Waals surface area contributed by atoms with E-state index in [1.54, 1.807) is 10.7 Å². The molecule has 7 heteroatoms. The zero-order valence-electron chi connectivity index (χ0n) is 13.0. The fourth-order valence-electron chi connectivity index (χ4n) is 3.14. The summed E-state index contributed by atoms with van der Waals surface area (Å²) in [7, 11) is 0. The van der Waals surface area contributed by atoms with Crippen molar-refractivity contribution in [2.75, 3.05) is 5.32 Å². The third-order valence-electron chi connectivity index (χ3n) is 4.19. The lowest BCUT2D eigenvalue weighted by Crippen LogP contribution is -2.25. The summed E-state index contributed by atoms with van der Waals surface area (Å²) in [6.07, 6.45) is 0.378. The summed E-state index contributed by atoms with van der Waals surface area (Å²) in [5.74, 6) is 0.943. The van der Waals surface area contributed by atoms with Crippen LogP contribution in [-0.4, -0.2) is 25.9 Å². The van der Waals surface area contributed by atoms with Gasteiger partial charge in [-0.05, 0) is 18.6 Å². The Hall–Kier alpha value is -3.22. The van der Waals surface area contributed by atoms with Crippen molar-refractivity contribution in [2.45, 2.75) is 19.3 Å². The van der Waals surface area contributed by atoms with E-state index in [0.29, 0.717) is 18.1 Å². The number of H-pyrrole nitrogens is 1. The van der Waals surface area contributed by atoms with Crippen LogP contribution < -0.4 is 10.9 Å². The van der Waals surface area contributed by atoms with Gasteiger partial charge in [-0.2, -0.15) is 14.9 Å². The molecule has 24 heavy (non-hydrogen) atoms. The maximum absolute atomic E-state index is 12.2. The fraction of sp³-hybridized carbons (Fsp3) is 0.176. The number of hydrogen-bond donors (Lipinski definition) is 2. The molecule has 1 aromatic carbocycles. The van der Waals surface area contributed by atoms with E-state index in [-0.39, 0.29) is 17.4 Å². The van der Waals surface area contributed by atoms with Crippen molar-refractivity contribution in [3.8, 4) is 5.82 Å². The number of fused-ring (bicyclic) bond motifs is 1. The van der Waals surface area contributed by atoms with E-state index >= 15 is 0 Å². The first-order valence-corrected chi connectivity index (χ1v) is 7.64. The topological polar surface area (TPSA) is 92.7 Å². The average Bonchev–Trinajstić information content (AvgIpc) is 2.92. The molecule has 120 valence electrons. The number of aromatic nitrogens is 4. The predicted molar refractivity (Wildman–Crippen MR) is 88.2 cm³/mol. The Balaban J connectivity index is 1.89. The van der Waals surface area contributed by atoms with Gasteiger partial charge >= 0.3 is 0 Å². The summed E-state index contributed by atoms with van der Waals surface area (Å²) in [6, 6.07) is 12.9. The second-order valence-electron chi connectivity index (χ2n) is 5.75. The molecule has 1 aliphatic rings. The fourth-order valence-corrected chi connectivity index (χ4v) is 3.14.